The molecule has 7 nitrogen and oxygen atoms in total. The fourth-order valence-electron chi connectivity index (χ4n) is 2.84. The monoisotopic (exact) mass is 335 g/mol. The Morgan fingerprint density at radius 3 is 2.52 bits per heavy atom. The summed E-state index contributed by atoms with van der Waals surface area (Å²) in [5.74, 6) is -2.15. The second-order valence-electron chi connectivity index (χ2n) is 6.04. The molecule has 124 valence electrons. The van der Waals surface area contributed by atoms with Gasteiger partial charge in [-0.25, -0.2) is 0 Å². The van der Waals surface area contributed by atoms with Crippen LogP contribution in [0.25, 0.3) is 0 Å². The summed E-state index contributed by atoms with van der Waals surface area (Å²) in [5, 5.41) is 24.1. The van der Waals surface area contributed by atoms with E-state index in [-0.39, 0.29) is 41.9 Å². The maximum atomic E-state index is 11.4. The topological polar surface area (TPSA) is 108 Å². The van der Waals surface area contributed by atoms with Crippen LogP contribution in [0.2, 0.25) is 0 Å². The van der Waals surface area contributed by atoms with Gasteiger partial charge in [-0.2, -0.15) is 0 Å². The molecule has 0 aromatic rings. The van der Waals surface area contributed by atoms with E-state index in [1.165, 1.54) is 13.8 Å². The van der Waals surface area contributed by atoms with Crippen molar-refractivity contribution in [2.75, 3.05) is 0 Å². The van der Waals surface area contributed by atoms with Gasteiger partial charge < -0.3 is 29.7 Å². The summed E-state index contributed by atoms with van der Waals surface area (Å²) in [6.07, 6.45) is -1.86. The molecule has 6 atom stereocenters. The van der Waals surface area contributed by atoms with E-state index in [2.05, 4.69) is 5.32 Å². The molecule has 0 aromatic carbocycles. The fourth-order valence-corrected chi connectivity index (χ4v) is 2.84. The summed E-state index contributed by atoms with van der Waals surface area (Å²) in [4.78, 5) is 22.8. The molecule has 0 spiro atoms. The molecule has 1 fully saturated rings. The number of nitrogens with one attached hydrogen (secondary N) is 1. The Hall–Kier alpha value is -0.115. The van der Waals surface area contributed by atoms with E-state index in [0.29, 0.717) is 6.42 Å². The smallest absolute Gasteiger partial charge is 0.547 e. The van der Waals surface area contributed by atoms with Crippen LogP contribution in [0.4, 0.5) is 0 Å². The molecule has 6 unspecified atom stereocenters. The molecule has 0 saturated carbocycles. The molecule has 1 aliphatic rings. The Morgan fingerprint density at radius 2 is 2.13 bits per heavy atom. The largest absolute Gasteiger partial charge is 1.00 e. The van der Waals surface area contributed by atoms with Gasteiger partial charge in [0.2, 0.25) is 5.91 Å². The molecule has 1 saturated heterocycles. The SMILES string of the molecule is [B]OC1CC(C)(C(=O)[O-])OC(C(C)C(O)CC)C1NC(C)=O.[Na+]. The zero-order valence-corrected chi connectivity index (χ0v) is 16.4. The third kappa shape index (κ3) is 5.44. The Labute approximate surface area is 160 Å². The first-order valence-corrected chi connectivity index (χ1v) is 7.36. The van der Waals surface area contributed by atoms with Crippen LogP contribution in [0.15, 0.2) is 0 Å². The molecule has 23 heavy (non-hydrogen) atoms. The first-order chi connectivity index (χ1) is 10.2. The maximum Gasteiger partial charge on any atom is 1.00 e. The summed E-state index contributed by atoms with van der Waals surface area (Å²) in [6.45, 7) is 6.23. The molecule has 1 heterocycles. The van der Waals surface area contributed by atoms with E-state index in [4.69, 9.17) is 17.4 Å². The number of aliphatic hydroxyl groups excluding tert-OH is 1. The predicted octanol–water partition coefficient (Wildman–Crippen LogP) is -4.33. The van der Waals surface area contributed by atoms with Gasteiger partial charge in [-0.1, -0.05) is 13.8 Å². The van der Waals surface area contributed by atoms with E-state index in [0.717, 1.165) is 0 Å². The maximum absolute atomic E-state index is 11.4. The van der Waals surface area contributed by atoms with Crippen molar-refractivity contribution in [3.8, 4) is 0 Å². The van der Waals surface area contributed by atoms with Gasteiger partial charge in [-0.15, -0.1) is 0 Å². The molecule has 2 N–H and O–H groups in total. The number of carboxylic acids is 1. The second-order valence-corrected chi connectivity index (χ2v) is 6.04. The van der Waals surface area contributed by atoms with Gasteiger partial charge in [0.1, 0.15) is 5.60 Å². The standard InChI is InChI=1S/C14H24BNO6.Na/c1-5-9(18)7(2)12-11(16-8(3)17)10(22-15)6-14(4,21-12)13(19)20;/h7,9-12,18H,5-6H2,1-4H3,(H,16,17)(H,19,20);/q;+1/p-1. The van der Waals surface area contributed by atoms with Crippen molar-refractivity contribution in [2.45, 2.75) is 70.5 Å². The van der Waals surface area contributed by atoms with Crippen LogP contribution in [0.1, 0.15) is 40.5 Å². The molecule has 0 bridgehead atoms. The molecule has 1 aliphatic heterocycles. The predicted molar refractivity (Wildman–Crippen MR) is 76.6 cm³/mol. The van der Waals surface area contributed by atoms with Crippen molar-refractivity contribution in [2.24, 2.45) is 5.92 Å². The molecule has 2 radical (unpaired) electrons. The van der Waals surface area contributed by atoms with Gasteiger partial charge in [0, 0.05) is 19.3 Å². The molecule has 9 heteroatoms. The van der Waals surface area contributed by atoms with Gasteiger partial charge in [0.25, 0.3) is 8.05 Å². The molecule has 0 aliphatic carbocycles. The van der Waals surface area contributed by atoms with Crippen molar-refractivity contribution < 1.29 is 58.8 Å². The quantitative estimate of drug-likeness (QED) is 0.475. The van der Waals surface area contributed by atoms with Gasteiger partial charge in [0.15, 0.2) is 0 Å². The number of hydrogen-bond donors (Lipinski definition) is 2. The van der Waals surface area contributed by atoms with Crippen molar-refractivity contribution in [1.82, 2.24) is 5.32 Å². The summed E-state index contributed by atoms with van der Waals surface area (Å²) >= 11 is 0. The van der Waals surface area contributed by atoms with Gasteiger partial charge >= 0.3 is 29.6 Å². The fraction of sp³-hybridized carbons (Fsp3) is 0.857. The van der Waals surface area contributed by atoms with Crippen molar-refractivity contribution in [3.63, 3.8) is 0 Å². The minimum absolute atomic E-state index is 0. The number of ether oxygens (including phenoxy) is 1. The van der Waals surface area contributed by atoms with Crippen LogP contribution in [0.3, 0.4) is 0 Å². The first kappa shape index (κ1) is 22.9. The van der Waals surface area contributed by atoms with Crippen LogP contribution in [0.5, 0.6) is 0 Å². The van der Waals surface area contributed by atoms with E-state index in [9.17, 15) is 19.8 Å². The molecule has 1 rings (SSSR count). The molecule has 1 amide bonds. The third-order valence-corrected chi connectivity index (χ3v) is 4.26. The first-order valence-electron chi connectivity index (χ1n) is 7.36. The molecular weight excluding hydrogens is 312 g/mol. The van der Waals surface area contributed by atoms with Crippen LogP contribution >= 0.6 is 0 Å². The second kappa shape index (κ2) is 9.39. The van der Waals surface area contributed by atoms with E-state index in [1.54, 1.807) is 13.8 Å². The van der Waals surface area contributed by atoms with Crippen molar-refractivity contribution in [3.05, 3.63) is 0 Å². The zero-order valence-electron chi connectivity index (χ0n) is 14.4. The van der Waals surface area contributed by atoms with Crippen molar-refractivity contribution in [1.29, 1.82) is 0 Å². The number of carbonyl (C=O) groups is 2. The van der Waals surface area contributed by atoms with E-state index >= 15 is 0 Å². The molecule has 0 aromatic heterocycles. The number of aliphatic carboxylic acids is 1. The minimum Gasteiger partial charge on any atom is -0.547 e. The summed E-state index contributed by atoms with van der Waals surface area (Å²) in [5.41, 5.74) is -1.61. The average molecular weight is 335 g/mol. The van der Waals surface area contributed by atoms with Gasteiger partial charge in [-0.05, 0) is 13.3 Å². The Bertz CT molecular complexity index is 426. The summed E-state index contributed by atoms with van der Waals surface area (Å²) in [6, 6.07) is -0.661. The number of aliphatic hydroxyl groups is 1. The normalized spacial score (nSPS) is 33.2. The van der Waals surface area contributed by atoms with Crippen LogP contribution < -0.4 is 40.0 Å². The minimum atomic E-state index is -1.61. The van der Waals surface area contributed by atoms with Crippen molar-refractivity contribution >= 4 is 19.9 Å². The van der Waals surface area contributed by atoms with Crippen LogP contribution in [-0.4, -0.2) is 55.0 Å². The Balaban J connectivity index is 0.00000484. The Morgan fingerprint density at radius 1 is 1.57 bits per heavy atom. The van der Waals surface area contributed by atoms with E-state index < -0.39 is 41.8 Å². The summed E-state index contributed by atoms with van der Waals surface area (Å²) in [7, 11) is 5.28. The Kier molecular flexibility index (Phi) is 9.34. The van der Waals surface area contributed by atoms with Gasteiger partial charge in [0.05, 0.1) is 30.3 Å². The number of carbonyl (C=O) groups excluding carboxylic acids is 2. The zero-order chi connectivity index (χ0) is 17.1. The number of carboxylic acid groups (broad SMARTS) is 1. The number of amides is 1. The number of rotatable bonds is 6. The van der Waals surface area contributed by atoms with Gasteiger partial charge in [-0.3, -0.25) is 4.79 Å². The van der Waals surface area contributed by atoms with Crippen LogP contribution in [-0.2, 0) is 19.0 Å². The average Bonchev–Trinajstić information content (AvgIpc) is 2.46. The summed E-state index contributed by atoms with van der Waals surface area (Å²) < 4.78 is 10.6. The number of hydrogen-bond acceptors (Lipinski definition) is 6. The third-order valence-electron chi connectivity index (χ3n) is 4.26. The van der Waals surface area contributed by atoms with Crippen LogP contribution in [0, 0.1) is 5.92 Å². The molecular formula is C14H23BNNaO6. The van der Waals surface area contributed by atoms with E-state index in [1.807, 2.05) is 0 Å².